The molecule has 0 radical (unpaired) electrons. The number of aryl methyl sites for hydroxylation is 1. The topological polar surface area (TPSA) is 43.8 Å². The average molecular weight is 293 g/mol. The lowest BCUT2D eigenvalue weighted by Crippen LogP contribution is -2.17. The van der Waals surface area contributed by atoms with Gasteiger partial charge in [-0.3, -0.25) is 0 Å². The highest BCUT2D eigenvalue weighted by Crippen LogP contribution is 2.24. The quantitative estimate of drug-likeness (QED) is 0.766. The number of hydrogen-bond acceptors (Lipinski definition) is 2. The van der Waals surface area contributed by atoms with E-state index < -0.39 is 0 Å². The lowest BCUT2D eigenvalue weighted by molar-refractivity contribution is 0.571. The Kier molecular flexibility index (Phi) is 4.25. The number of hydrogen-bond donors (Lipinski definition) is 1. The van der Waals surface area contributed by atoms with Crippen LogP contribution >= 0.6 is 0 Å². The molecule has 22 heavy (non-hydrogen) atoms. The maximum absolute atomic E-state index is 6.38. The first kappa shape index (κ1) is 14.8. The van der Waals surface area contributed by atoms with Gasteiger partial charge in [0.2, 0.25) is 0 Å². The molecular weight excluding hydrogens is 270 g/mol. The number of imidazole rings is 1. The van der Waals surface area contributed by atoms with Gasteiger partial charge in [0, 0.05) is 6.54 Å². The van der Waals surface area contributed by atoms with Gasteiger partial charge in [-0.05, 0) is 36.6 Å². The number of aromatic nitrogens is 2. The van der Waals surface area contributed by atoms with Crippen LogP contribution in [0.5, 0.6) is 0 Å². The van der Waals surface area contributed by atoms with E-state index in [0.717, 1.165) is 36.2 Å². The molecule has 1 aromatic heterocycles. The van der Waals surface area contributed by atoms with E-state index in [1.54, 1.807) is 0 Å². The van der Waals surface area contributed by atoms with E-state index in [9.17, 15) is 0 Å². The van der Waals surface area contributed by atoms with Gasteiger partial charge in [0.15, 0.2) is 0 Å². The van der Waals surface area contributed by atoms with Crippen molar-refractivity contribution in [3.8, 4) is 0 Å². The van der Waals surface area contributed by atoms with Crippen molar-refractivity contribution in [2.45, 2.75) is 39.3 Å². The highest BCUT2D eigenvalue weighted by atomic mass is 15.1. The third-order valence-corrected chi connectivity index (χ3v) is 4.21. The maximum atomic E-state index is 6.38. The molecule has 1 unspecified atom stereocenters. The summed E-state index contributed by atoms with van der Waals surface area (Å²) in [6.45, 7) is 5.13. The third-order valence-electron chi connectivity index (χ3n) is 4.21. The number of rotatable bonds is 5. The number of benzene rings is 2. The Bertz CT molecular complexity index is 773. The van der Waals surface area contributed by atoms with Crippen molar-refractivity contribution >= 4 is 11.0 Å². The van der Waals surface area contributed by atoms with E-state index in [1.807, 2.05) is 6.07 Å². The molecule has 0 spiro atoms. The summed E-state index contributed by atoms with van der Waals surface area (Å²) in [5.41, 5.74) is 11.2. The van der Waals surface area contributed by atoms with Crippen molar-refractivity contribution in [1.82, 2.24) is 9.55 Å². The molecule has 114 valence electrons. The summed E-state index contributed by atoms with van der Waals surface area (Å²) >= 11 is 0. The van der Waals surface area contributed by atoms with E-state index >= 15 is 0 Å². The van der Waals surface area contributed by atoms with Crippen LogP contribution in [-0.4, -0.2) is 9.55 Å². The van der Waals surface area contributed by atoms with Gasteiger partial charge in [-0.15, -0.1) is 0 Å². The molecule has 0 fully saturated rings. The SMILES string of the molecule is CCCC(N)c1nc2ccccc2n1Cc1ccccc1C. The van der Waals surface area contributed by atoms with E-state index in [2.05, 4.69) is 60.9 Å². The Labute approximate surface area is 131 Å². The fourth-order valence-electron chi connectivity index (χ4n) is 2.94. The fraction of sp³-hybridized carbons (Fsp3) is 0.316. The normalized spacial score (nSPS) is 12.7. The molecule has 3 nitrogen and oxygen atoms in total. The Balaban J connectivity index is 2.09. The monoisotopic (exact) mass is 293 g/mol. The van der Waals surface area contributed by atoms with E-state index in [1.165, 1.54) is 11.1 Å². The van der Waals surface area contributed by atoms with Gasteiger partial charge in [-0.25, -0.2) is 4.98 Å². The van der Waals surface area contributed by atoms with Gasteiger partial charge in [-0.2, -0.15) is 0 Å². The van der Waals surface area contributed by atoms with Gasteiger partial charge in [0.1, 0.15) is 5.82 Å². The molecular formula is C19H23N3. The zero-order valence-corrected chi connectivity index (χ0v) is 13.3. The van der Waals surface area contributed by atoms with Crippen molar-refractivity contribution in [1.29, 1.82) is 0 Å². The Hall–Kier alpha value is -2.13. The third kappa shape index (κ3) is 2.77. The highest BCUT2D eigenvalue weighted by molar-refractivity contribution is 5.76. The minimum absolute atomic E-state index is 0.0126. The van der Waals surface area contributed by atoms with Crippen LogP contribution in [0.3, 0.4) is 0 Å². The molecule has 3 heteroatoms. The summed E-state index contributed by atoms with van der Waals surface area (Å²) in [6, 6.07) is 16.8. The molecule has 0 bridgehead atoms. The minimum atomic E-state index is -0.0126. The molecule has 0 aliphatic carbocycles. The van der Waals surface area contributed by atoms with Crippen LogP contribution in [-0.2, 0) is 6.54 Å². The maximum Gasteiger partial charge on any atom is 0.127 e. The second-order valence-electron chi connectivity index (χ2n) is 5.87. The standard InChI is InChI=1S/C19H23N3/c1-3-8-16(20)19-21-17-11-6-7-12-18(17)22(19)13-15-10-5-4-9-14(15)2/h4-7,9-12,16H,3,8,13,20H2,1-2H3. The number of para-hydroxylation sites is 2. The zero-order chi connectivity index (χ0) is 15.5. The van der Waals surface area contributed by atoms with Crippen molar-refractivity contribution in [3.63, 3.8) is 0 Å². The molecule has 0 amide bonds. The molecule has 0 saturated heterocycles. The summed E-state index contributed by atoms with van der Waals surface area (Å²) in [7, 11) is 0. The molecule has 3 rings (SSSR count). The summed E-state index contributed by atoms with van der Waals surface area (Å²) < 4.78 is 2.28. The van der Waals surface area contributed by atoms with Gasteiger partial charge < -0.3 is 10.3 Å². The summed E-state index contributed by atoms with van der Waals surface area (Å²) in [6.07, 6.45) is 2.02. The zero-order valence-electron chi connectivity index (χ0n) is 13.3. The van der Waals surface area contributed by atoms with Gasteiger partial charge in [-0.1, -0.05) is 49.7 Å². The van der Waals surface area contributed by atoms with Crippen LogP contribution in [0.15, 0.2) is 48.5 Å². The smallest absolute Gasteiger partial charge is 0.127 e. The van der Waals surface area contributed by atoms with Crippen molar-refractivity contribution in [2.24, 2.45) is 5.73 Å². The van der Waals surface area contributed by atoms with E-state index in [4.69, 9.17) is 10.7 Å². The summed E-state index contributed by atoms with van der Waals surface area (Å²) in [5.74, 6) is 0.992. The van der Waals surface area contributed by atoms with Gasteiger partial charge >= 0.3 is 0 Å². The lowest BCUT2D eigenvalue weighted by Gasteiger charge is -2.15. The van der Waals surface area contributed by atoms with Gasteiger partial charge in [0.25, 0.3) is 0 Å². The molecule has 2 N–H and O–H groups in total. The first-order valence-electron chi connectivity index (χ1n) is 7.96. The first-order valence-corrected chi connectivity index (χ1v) is 7.96. The fourth-order valence-corrected chi connectivity index (χ4v) is 2.94. The molecule has 2 aromatic carbocycles. The summed E-state index contributed by atoms with van der Waals surface area (Å²) in [5, 5.41) is 0. The Morgan fingerprint density at radius 1 is 1.09 bits per heavy atom. The molecule has 0 aliphatic heterocycles. The summed E-state index contributed by atoms with van der Waals surface area (Å²) in [4.78, 5) is 4.79. The molecule has 1 heterocycles. The molecule has 0 saturated carbocycles. The van der Waals surface area contributed by atoms with Crippen molar-refractivity contribution < 1.29 is 0 Å². The van der Waals surface area contributed by atoms with Crippen LogP contribution in [0.4, 0.5) is 0 Å². The van der Waals surface area contributed by atoms with Crippen molar-refractivity contribution in [3.05, 3.63) is 65.5 Å². The highest BCUT2D eigenvalue weighted by Gasteiger charge is 2.16. The molecule has 1 atom stereocenters. The average Bonchev–Trinajstić information content (AvgIpc) is 2.89. The number of fused-ring (bicyclic) bond motifs is 1. The predicted octanol–water partition coefficient (Wildman–Crippen LogP) is 4.19. The Morgan fingerprint density at radius 2 is 1.82 bits per heavy atom. The Morgan fingerprint density at radius 3 is 2.59 bits per heavy atom. The number of nitrogens with two attached hydrogens (primary N) is 1. The predicted molar refractivity (Wildman–Crippen MR) is 91.9 cm³/mol. The largest absolute Gasteiger partial charge is 0.322 e. The van der Waals surface area contributed by atoms with Crippen LogP contribution in [0.2, 0.25) is 0 Å². The van der Waals surface area contributed by atoms with Crippen LogP contribution < -0.4 is 5.73 Å². The van der Waals surface area contributed by atoms with Crippen LogP contribution in [0, 0.1) is 6.92 Å². The lowest BCUT2D eigenvalue weighted by atomic mass is 10.1. The number of nitrogens with zero attached hydrogens (tertiary/aromatic N) is 2. The second-order valence-corrected chi connectivity index (χ2v) is 5.87. The van der Waals surface area contributed by atoms with E-state index in [0.29, 0.717) is 0 Å². The first-order chi connectivity index (χ1) is 10.7. The second kappa shape index (κ2) is 6.32. The molecule has 3 aromatic rings. The van der Waals surface area contributed by atoms with Gasteiger partial charge in [0.05, 0.1) is 17.1 Å². The van der Waals surface area contributed by atoms with Crippen LogP contribution in [0.25, 0.3) is 11.0 Å². The molecule has 0 aliphatic rings. The van der Waals surface area contributed by atoms with E-state index in [-0.39, 0.29) is 6.04 Å². The van der Waals surface area contributed by atoms with Crippen LogP contribution in [0.1, 0.15) is 42.8 Å². The van der Waals surface area contributed by atoms with Crippen molar-refractivity contribution in [2.75, 3.05) is 0 Å². The minimum Gasteiger partial charge on any atom is -0.322 e.